The second kappa shape index (κ2) is 7.00. The zero-order valence-electron chi connectivity index (χ0n) is 14.9. The highest BCUT2D eigenvalue weighted by Gasteiger charge is 2.31. The van der Waals surface area contributed by atoms with Gasteiger partial charge < -0.3 is 4.90 Å². The van der Waals surface area contributed by atoms with E-state index >= 15 is 0 Å². The summed E-state index contributed by atoms with van der Waals surface area (Å²) < 4.78 is 1.91. The van der Waals surface area contributed by atoms with Crippen LogP contribution >= 0.6 is 0 Å². The summed E-state index contributed by atoms with van der Waals surface area (Å²) in [5, 5.41) is 4.68. The van der Waals surface area contributed by atoms with Crippen LogP contribution in [0.2, 0.25) is 0 Å². The van der Waals surface area contributed by atoms with Crippen molar-refractivity contribution in [1.29, 1.82) is 0 Å². The Kier molecular flexibility index (Phi) is 4.57. The molecule has 2 aliphatic heterocycles. The Labute approximate surface area is 149 Å². The SMILES string of the molecule is Cn1cc(CN2CCC[C@@H](N3CCCC3=O)C2)c(-c2ccccc2)n1. The number of amides is 1. The van der Waals surface area contributed by atoms with Crippen LogP contribution in [0, 0.1) is 0 Å². The van der Waals surface area contributed by atoms with Gasteiger partial charge in [0.1, 0.15) is 0 Å². The van der Waals surface area contributed by atoms with E-state index in [9.17, 15) is 4.79 Å². The maximum absolute atomic E-state index is 12.1. The van der Waals surface area contributed by atoms with Crippen molar-refractivity contribution in [2.75, 3.05) is 19.6 Å². The molecule has 0 bridgehead atoms. The summed E-state index contributed by atoms with van der Waals surface area (Å²) in [5.74, 6) is 0.346. The van der Waals surface area contributed by atoms with Gasteiger partial charge in [-0.25, -0.2) is 0 Å². The fourth-order valence-corrected chi connectivity index (χ4v) is 4.22. The molecule has 1 aromatic heterocycles. The number of carbonyl (C=O) groups excluding carboxylic acids is 1. The lowest BCUT2D eigenvalue weighted by Gasteiger charge is -2.37. The predicted octanol–water partition coefficient (Wildman–Crippen LogP) is 2.67. The molecule has 2 aromatic rings. The molecule has 0 unspecified atom stereocenters. The Morgan fingerprint density at radius 2 is 2.00 bits per heavy atom. The summed E-state index contributed by atoms with van der Waals surface area (Å²) in [5.41, 5.74) is 3.51. The number of hydrogen-bond acceptors (Lipinski definition) is 3. The Morgan fingerprint density at radius 1 is 1.16 bits per heavy atom. The maximum atomic E-state index is 12.1. The summed E-state index contributed by atoms with van der Waals surface area (Å²) in [4.78, 5) is 16.7. The molecule has 2 saturated heterocycles. The number of nitrogens with zero attached hydrogens (tertiary/aromatic N) is 4. The maximum Gasteiger partial charge on any atom is 0.222 e. The molecule has 0 spiro atoms. The lowest BCUT2D eigenvalue weighted by molar-refractivity contribution is -0.130. The molecule has 1 aromatic carbocycles. The van der Waals surface area contributed by atoms with E-state index < -0.39 is 0 Å². The number of carbonyl (C=O) groups is 1. The third-order valence-corrected chi connectivity index (χ3v) is 5.38. The van der Waals surface area contributed by atoms with Gasteiger partial charge in [-0.05, 0) is 25.8 Å². The molecule has 1 amide bonds. The van der Waals surface area contributed by atoms with E-state index in [4.69, 9.17) is 0 Å². The summed E-state index contributed by atoms with van der Waals surface area (Å²) in [7, 11) is 1.98. The van der Waals surface area contributed by atoms with E-state index in [-0.39, 0.29) is 0 Å². The van der Waals surface area contributed by atoms with Crippen molar-refractivity contribution in [2.45, 2.75) is 38.3 Å². The van der Waals surface area contributed by atoms with E-state index in [2.05, 4.69) is 45.4 Å². The van der Waals surface area contributed by atoms with Gasteiger partial charge in [-0.3, -0.25) is 14.4 Å². The van der Waals surface area contributed by atoms with Crippen molar-refractivity contribution in [2.24, 2.45) is 7.05 Å². The van der Waals surface area contributed by atoms with Crippen LogP contribution in [0.1, 0.15) is 31.2 Å². The average molecular weight is 338 g/mol. The molecule has 0 radical (unpaired) electrons. The van der Waals surface area contributed by atoms with Gasteiger partial charge >= 0.3 is 0 Å². The molecule has 0 N–H and O–H groups in total. The molecule has 0 saturated carbocycles. The fraction of sp³-hybridized carbons (Fsp3) is 0.500. The van der Waals surface area contributed by atoms with E-state index in [0.717, 1.165) is 57.6 Å². The molecule has 132 valence electrons. The highest BCUT2D eigenvalue weighted by molar-refractivity contribution is 5.78. The van der Waals surface area contributed by atoms with Crippen molar-refractivity contribution >= 4 is 5.91 Å². The first-order valence-corrected chi connectivity index (χ1v) is 9.30. The second-order valence-corrected chi connectivity index (χ2v) is 7.26. The molecule has 0 aliphatic carbocycles. The van der Waals surface area contributed by atoms with Crippen LogP contribution in [0.5, 0.6) is 0 Å². The van der Waals surface area contributed by atoms with Gasteiger partial charge in [0.05, 0.1) is 5.69 Å². The molecule has 3 heterocycles. The van der Waals surface area contributed by atoms with Crippen molar-refractivity contribution in [3.8, 4) is 11.3 Å². The summed E-state index contributed by atoms with van der Waals surface area (Å²) in [6.45, 7) is 3.92. The monoisotopic (exact) mass is 338 g/mol. The number of piperidine rings is 1. The van der Waals surface area contributed by atoms with Crippen molar-refractivity contribution in [1.82, 2.24) is 19.6 Å². The highest BCUT2D eigenvalue weighted by Crippen LogP contribution is 2.26. The minimum atomic E-state index is 0.346. The third kappa shape index (κ3) is 3.47. The van der Waals surface area contributed by atoms with Gasteiger partial charge in [0.15, 0.2) is 0 Å². The van der Waals surface area contributed by atoms with Crippen molar-refractivity contribution < 1.29 is 4.79 Å². The molecular weight excluding hydrogens is 312 g/mol. The molecule has 5 heteroatoms. The number of benzene rings is 1. The third-order valence-electron chi connectivity index (χ3n) is 5.38. The Hall–Kier alpha value is -2.14. The predicted molar refractivity (Wildman–Crippen MR) is 97.9 cm³/mol. The van der Waals surface area contributed by atoms with Gasteiger partial charge in [-0.2, -0.15) is 5.10 Å². The van der Waals surface area contributed by atoms with Crippen molar-refractivity contribution in [3.63, 3.8) is 0 Å². The van der Waals surface area contributed by atoms with Crippen LogP contribution in [0.15, 0.2) is 36.5 Å². The van der Waals surface area contributed by atoms with Gasteiger partial charge in [-0.15, -0.1) is 0 Å². The zero-order valence-corrected chi connectivity index (χ0v) is 14.9. The molecular formula is C20H26N4O. The number of aryl methyl sites for hydroxylation is 1. The van der Waals surface area contributed by atoms with Gasteiger partial charge in [0.2, 0.25) is 5.91 Å². The Bertz CT molecular complexity index is 739. The smallest absolute Gasteiger partial charge is 0.222 e. The number of hydrogen-bond donors (Lipinski definition) is 0. The summed E-state index contributed by atoms with van der Waals surface area (Å²) in [6, 6.07) is 10.8. The number of aromatic nitrogens is 2. The minimum absolute atomic E-state index is 0.346. The van der Waals surface area contributed by atoms with Crippen LogP contribution in [0.3, 0.4) is 0 Å². The van der Waals surface area contributed by atoms with Crippen LogP contribution in [0.25, 0.3) is 11.3 Å². The van der Waals surface area contributed by atoms with Crippen LogP contribution < -0.4 is 0 Å². The largest absolute Gasteiger partial charge is 0.338 e. The standard InChI is InChI=1S/C20H26N4O/c1-22-13-17(20(21-22)16-7-3-2-4-8-16)14-23-11-5-9-18(15-23)24-12-6-10-19(24)25/h2-4,7-8,13,18H,5-6,9-12,14-15H2,1H3/t18-/m1/s1. The van der Waals surface area contributed by atoms with Crippen molar-refractivity contribution in [3.05, 3.63) is 42.1 Å². The first-order valence-electron chi connectivity index (χ1n) is 9.30. The highest BCUT2D eigenvalue weighted by atomic mass is 16.2. The molecule has 2 fully saturated rings. The van der Waals surface area contributed by atoms with E-state index in [0.29, 0.717) is 11.9 Å². The lowest BCUT2D eigenvalue weighted by atomic mass is 10.0. The lowest BCUT2D eigenvalue weighted by Crippen LogP contribution is -2.48. The van der Waals surface area contributed by atoms with Gasteiger partial charge in [-0.1, -0.05) is 30.3 Å². The van der Waals surface area contributed by atoms with Crippen LogP contribution in [0.4, 0.5) is 0 Å². The Morgan fingerprint density at radius 3 is 2.76 bits per heavy atom. The van der Waals surface area contributed by atoms with Crippen LogP contribution in [-0.2, 0) is 18.4 Å². The van der Waals surface area contributed by atoms with E-state index in [1.807, 2.05) is 17.8 Å². The van der Waals surface area contributed by atoms with Gasteiger partial charge in [0.25, 0.3) is 0 Å². The molecule has 25 heavy (non-hydrogen) atoms. The first-order chi connectivity index (χ1) is 12.2. The average Bonchev–Trinajstić information content (AvgIpc) is 3.21. The number of rotatable bonds is 4. The molecule has 4 rings (SSSR count). The zero-order chi connectivity index (χ0) is 17.2. The minimum Gasteiger partial charge on any atom is -0.338 e. The normalized spacial score (nSPS) is 21.9. The molecule has 5 nitrogen and oxygen atoms in total. The fourth-order valence-electron chi connectivity index (χ4n) is 4.22. The van der Waals surface area contributed by atoms with E-state index in [1.54, 1.807) is 0 Å². The number of likely N-dealkylation sites (tertiary alicyclic amines) is 2. The summed E-state index contributed by atoms with van der Waals surface area (Å²) in [6.07, 6.45) is 6.19. The second-order valence-electron chi connectivity index (χ2n) is 7.26. The summed E-state index contributed by atoms with van der Waals surface area (Å²) >= 11 is 0. The Balaban J connectivity index is 1.50. The molecule has 1 atom stereocenters. The molecule has 2 aliphatic rings. The first kappa shape index (κ1) is 16.3. The van der Waals surface area contributed by atoms with E-state index in [1.165, 1.54) is 11.1 Å². The van der Waals surface area contributed by atoms with Gasteiger partial charge in [0, 0.05) is 56.5 Å². The quantitative estimate of drug-likeness (QED) is 0.861. The topological polar surface area (TPSA) is 41.4 Å². The van der Waals surface area contributed by atoms with Crippen LogP contribution in [-0.4, -0.2) is 51.2 Å².